The summed E-state index contributed by atoms with van der Waals surface area (Å²) in [6.45, 7) is 8.55. The van der Waals surface area contributed by atoms with Gasteiger partial charge in [0.2, 0.25) is 0 Å². The Hall–Kier alpha value is -0.550. The number of piperazine rings is 1. The van der Waals surface area contributed by atoms with Crippen LogP contribution in [-0.2, 0) is 4.79 Å². The molecule has 2 aliphatic rings. The van der Waals surface area contributed by atoms with Gasteiger partial charge in [0.05, 0.1) is 5.92 Å². The lowest BCUT2D eigenvalue weighted by Gasteiger charge is -2.41. The van der Waals surface area contributed by atoms with Crippen molar-refractivity contribution in [2.45, 2.75) is 52.0 Å². The first-order chi connectivity index (χ1) is 9.09. The summed E-state index contributed by atoms with van der Waals surface area (Å²) in [5.41, 5.74) is 0. The number of nitrogens with one attached hydrogen (secondary N) is 1. The van der Waals surface area contributed by atoms with E-state index >= 15 is 0 Å². The summed E-state index contributed by atoms with van der Waals surface area (Å²) >= 11 is 0. The Labute approximate surface area is 114 Å². The topological polar surface area (TPSA) is 32.3 Å². The fourth-order valence-electron chi connectivity index (χ4n) is 2.90. The van der Waals surface area contributed by atoms with Gasteiger partial charge < -0.3 is 5.32 Å². The number of ketones is 1. The number of halogens is 2. The van der Waals surface area contributed by atoms with Gasteiger partial charge in [-0.2, -0.15) is 0 Å². The van der Waals surface area contributed by atoms with Crippen molar-refractivity contribution in [1.29, 1.82) is 0 Å². The van der Waals surface area contributed by atoms with Crippen molar-refractivity contribution in [3.05, 3.63) is 0 Å². The van der Waals surface area contributed by atoms with Crippen LogP contribution in [0.25, 0.3) is 0 Å². The molecule has 5 heteroatoms. The lowest BCUT2D eigenvalue weighted by molar-refractivity contribution is -0.126. The van der Waals surface area contributed by atoms with Crippen LogP contribution in [0.5, 0.6) is 0 Å². The maximum absolute atomic E-state index is 14.0. The van der Waals surface area contributed by atoms with E-state index in [2.05, 4.69) is 5.32 Å². The summed E-state index contributed by atoms with van der Waals surface area (Å²) in [5, 5.41) is 3.19. The minimum absolute atomic E-state index is 0.0467. The molecule has 2 fully saturated rings. The number of carbonyl (C=O) groups is 1. The third-order valence-electron chi connectivity index (χ3n) is 3.94. The monoisotopic (exact) mass is 276 g/mol. The number of hydrogen-bond acceptors (Lipinski definition) is 3. The van der Waals surface area contributed by atoms with Gasteiger partial charge in [-0.25, -0.2) is 8.78 Å². The molecule has 0 amide bonds. The first kappa shape index (κ1) is 16.5. The predicted molar refractivity (Wildman–Crippen MR) is 72.8 cm³/mol. The molecule has 1 aliphatic heterocycles. The summed E-state index contributed by atoms with van der Waals surface area (Å²) in [5.74, 6) is -0.955. The minimum Gasteiger partial charge on any atom is -0.314 e. The van der Waals surface area contributed by atoms with E-state index in [0.717, 1.165) is 26.2 Å². The molecule has 0 aromatic heterocycles. The molecule has 1 heterocycles. The maximum atomic E-state index is 14.0. The van der Waals surface area contributed by atoms with Crippen molar-refractivity contribution < 1.29 is 13.6 Å². The van der Waals surface area contributed by atoms with Crippen LogP contribution in [0, 0.1) is 5.92 Å². The quantitative estimate of drug-likeness (QED) is 0.837. The number of rotatable bonds is 2. The maximum Gasteiger partial charge on any atom is 0.135 e. The van der Waals surface area contributed by atoms with Gasteiger partial charge in [-0.1, -0.05) is 13.8 Å². The highest BCUT2D eigenvalue weighted by molar-refractivity contribution is 5.79. The van der Waals surface area contributed by atoms with E-state index in [-0.39, 0.29) is 24.7 Å². The highest BCUT2D eigenvalue weighted by Crippen LogP contribution is 2.33. The molecule has 0 spiro atoms. The molecule has 1 N–H and O–H groups in total. The van der Waals surface area contributed by atoms with E-state index < -0.39 is 18.3 Å². The molecule has 1 saturated carbocycles. The molecule has 19 heavy (non-hydrogen) atoms. The van der Waals surface area contributed by atoms with E-state index in [4.69, 9.17) is 0 Å². The molecule has 112 valence electrons. The molecule has 2 rings (SSSR count). The summed E-state index contributed by atoms with van der Waals surface area (Å²) in [4.78, 5) is 13.2. The Kier molecular flexibility index (Phi) is 6.86. The largest absolute Gasteiger partial charge is 0.314 e. The molecule has 1 aliphatic carbocycles. The Bertz CT molecular complexity index is 283. The number of carbonyl (C=O) groups excluding carboxylic acids is 1. The van der Waals surface area contributed by atoms with Gasteiger partial charge in [-0.3, -0.25) is 9.69 Å². The van der Waals surface area contributed by atoms with Crippen molar-refractivity contribution >= 4 is 5.78 Å². The van der Waals surface area contributed by atoms with Gasteiger partial charge >= 0.3 is 0 Å². The number of alkyl halides is 2. The third-order valence-corrected chi connectivity index (χ3v) is 3.94. The smallest absolute Gasteiger partial charge is 0.135 e. The highest BCUT2D eigenvalue weighted by atomic mass is 19.1. The van der Waals surface area contributed by atoms with E-state index in [9.17, 15) is 13.6 Å². The lowest BCUT2D eigenvalue weighted by atomic mass is 9.80. The molecule has 1 saturated heterocycles. The Balaban J connectivity index is 0.000000861. The van der Waals surface area contributed by atoms with Gasteiger partial charge in [-0.15, -0.1) is 0 Å². The highest BCUT2D eigenvalue weighted by Gasteiger charge is 2.42. The summed E-state index contributed by atoms with van der Waals surface area (Å²) < 4.78 is 27.9. The van der Waals surface area contributed by atoms with Crippen molar-refractivity contribution in [1.82, 2.24) is 10.2 Å². The summed E-state index contributed by atoms with van der Waals surface area (Å²) in [7, 11) is 0. The van der Waals surface area contributed by atoms with Crippen LogP contribution < -0.4 is 5.32 Å². The summed E-state index contributed by atoms with van der Waals surface area (Å²) in [6.07, 6.45) is -2.05. The zero-order valence-electron chi connectivity index (χ0n) is 12.2. The zero-order valence-corrected chi connectivity index (χ0v) is 12.2. The molecule has 0 radical (unpaired) electrons. The lowest BCUT2D eigenvalue weighted by Crippen LogP contribution is -2.55. The average Bonchev–Trinajstić information content (AvgIpc) is 2.44. The van der Waals surface area contributed by atoms with Crippen LogP contribution in [0.15, 0.2) is 0 Å². The fourth-order valence-corrected chi connectivity index (χ4v) is 2.90. The standard InChI is InChI=1S/C12H20F2N2O.C2H6/c1-8(17)9-6-11(14)12(7-10(9)13)16-4-2-15-3-5-16;1-2/h9-12,15H,2-7H2,1H3;1-2H3. The first-order valence-corrected chi connectivity index (χ1v) is 7.33. The average molecular weight is 276 g/mol. The van der Waals surface area contributed by atoms with Gasteiger partial charge in [0.25, 0.3) is 0 Å². The van der Waals surface area contributed by atoms with Gasteiger partial charge in [0.1, 0.15) is 18.1 Å². The second-order valence-corrected chi connectivity index (χ2v) is 5.07. The van der Waals surface area contributed by atoms with E-state index in [0.29, 0.717) is 0 Å². The second kappa shape index (κ2) is 7.90. The van der Waals surface area contributed by atoms with E-state index in [1.807, 2.05) is 18.7 Å². The molecular formula is C14H26F2N2O. The van der Waals surface area contributed by atoms with E-state index in [1.54, 1.807) is 0 Å². The fraction of sp³-hybridized carbons (Fsp3) is 0.929. The minimum atomic E-state index is -1.18. The van der Waals surface area contributed by atoms with Gasteiger partial charge in [0.15, 0.2) is 0 Å². The summed E-state index contributed by atoms with van der Waals surface area (Å²) in [6, 6.07) is -0.345. The van der Waals surface area contributed by atoms with Gasteiger partial charge in [-0.05, 0) is 19.8 Å². The van der Waals surface area contributed by atoms with Crippen molar-refractivity contribution in [3.8, 4) is 0 Å². The third kappa shape index (κ3) is 4.21. The van der Waals surface area contributed by atoms with Crippen molar-refractivity contribution in [3.63, 3.8) is 0 Å². The molecule has 3 nitrogen and oxygen atoms in total. The molecular weight excluding hydrogens is 250 g/mol. The Morgan fingerprint density at radius 2 is 1.68 bits per heavy atom. The molecule has 0 aromatic rings. The SMILES string of the molecule is CC.CC(=O)C1CC(F)C(N2CCNCC2)CC1F. The van der Waals surface area contributed by atoms with Crippen LogP contribution in [0.2, 0.25) is 0 Å². The molecule has 4 unspecified atom stereocenters. The van der Waals surface area contributed by atoms with E-state index in [1.165, 1.54) is 6.92 Å². The predicted octanol–water partition coefficient (Wildman–Crippen LogP) is 1.96. The van der Waals surface area contributed by atoms with Crippen LogP contribution in [0.3, 0.4) is 0 Å². The zero-order chi connectivity index (χ0) is 14.4. The van der Waals surface area contributed by atoms with Crippen LogP contribution in [0.1, 0.15) is 33.6 Å². The molecule has 0 aromatic carbocycles. The second-order valence-electron chi connectivity index (χ2n) is 5.07. The van der Waals surface area contributed by atoms with Crippen molar-refractivity contribution in [2.75, 3.05) is 26.2 Å². The molecule has 0 bridgehead atoms. The number of nitrogens with zero attached hydrogens (tertiary/aromatic N) is 1. The first-order valence-electron chi connectivity index (χ1n) is 7.33. The number of hydrogen-bond donors (Lipinski definition) is 1. The van der Waals surface area contributed by atoms with Gasteiger partial charge in [0, 0.05) is 32.2 Å². The Morgan fingerprint density at radius 1 is 1.11 bits per heavy atom. The Morgan fingerprint density at radius 3 is 2.21 bits per heavy atom. The van der Waals surface area contributed by atoms with Crippen LogP contribution >= 0.6 is 0 Å². The normalized spacial score (nSPS) is 36.3. The van der Waals surface area contributed by atoms with Crippen LogP contribution in [0.4, 0.5) is 8.78 Å². The molecule has 4 atom stereocenters. The van der Waals surface area contributed by atoms with Crippen molar-refractivity contribution in [2.24, 2.45) is 5.92 Å². The number of Topliss-reactive ketones (excluding diaryl/α,β-unsaturated/α-hetero) is 1. The van der Waals surface area contributed by atoms with Crippen LogP contribution in [-0.4, -0.2) is 55.2 Å².